The Kier molecular flexibility index (Phi) is 5.23. The van der Waals surface area contributed by atoms with Crippen molar-refractivity contribution in [3.63, 3.8) is 0 Å². The smallest absolute Gasteiger partial charge is 0.290 e. The van der Waals surface area contributed by atoms with E-state index in [4.69, 9.17) is 0 Å². The van der Waals surface area contributed by atoms with Gasteiger partial charge in [0.15, 0.2) is 17.7 Å². The van der Waals surface area contributed by atoms with Crippen LogP contribution in [0.3, 0.4) is 0 Å². The normalized spacial score (nSPS) is 10.4. The Hall–Kier alpha value is -3.27. The topological polar surface area (TPSA) is 50.0 Å². The predicted octanol–water partition coefficient (Wildman–Crippen LogP) is 3.46. The number of carbonyl (C=O) groups excluding carboxylic acids is 2. The van der Waals surface area contributed by atoms with Crippen molar-refractivity contribution >= 4 is 17.4 Å². The largest absolute Gasteiger partial charge is 0.320 e. The molecule has 0 unspecified atom stereocenters. The summed E-state index contributed by atoms with van der Waals surface area (Å²) in [5, 5.41) is 2.88. The highest BCUT2D eigenvalue weighted by atomic mass is 16.2. The zero-order valence-corrected chi connectivity index (χ0v) is 14.9. The molecule has 0 fully saturated rings. The van der Waals surface area contributed by atoms with E-state index in [1.807, 2.05) is 61.0 Å². The van der Waals surface area contributed by atoms with Crippen LogP contribution in [0.1, 0.15) is 27.2 Å². The summed E-state index contributed by atoms with van der Waals surface area (Å²) < 4.78 is 1.90. The maximum Gasteiger partial charge on any atom is 0.290 e. The number of nitrogens with zero attached hydrogens (tertiary/aromatic N) is 1. The Bertz CT molecular complexity index is 949. The highest BCUT2D eigenvalue weighted by molar-refractivity contribution is 6.13. The van der Waals surface area contributed by atoms with Gasteiger partial charge in [-0.25, -0.2) is 0 Å². The number of aryl methyl sites for hydroxylation is 1. The zero-order chi connectivity index (χ0) is 18.5. The number of ketones is 1. The number of aromatic nitrogens is 1. The Morgan fingerprint density at radius 3 is 2.35 bits per heavy atom. The molecule has 1 amide bonds. The van der Waals surface area contributed by atoms with E-state index in [0.29, 0.717) is 16.8 Å². The van der Waals surface area contributed by atoms with E-state index in [-0.39, 0.29) is 18.2 Å². The van der Waals surface area contributed by atoms with E-state index in [1.165, 1.54) is 0 Å². The van der Waals surface area contributed by atoms with E-state index >= 15 is 0 Å². The van der Waals surface area contributed by atoms with E-state index in [2.05, 4.69) is 5.32 Å². The standard InChI is InChI=1S/C22H20N2O2/c1-16-9-8-14-24(17(16)2)15-21(25)23-20-13-7-6-12-19(20)22(26)18-10-4-3-5-11-18/h3-14H,15H2,1-2H3/p+1. The van der Waals surface area contributed by atoms with Gasteiger partial charge in [0.1, 0.15) is 0 Å². The maximum absolute atomic E-state index is 12.7. The summed E-state index contributed by atoms with van der Waals surface area (Å²) in [6.07, 6.45) is 1.88. The van der Waals surface area contributed by atoms with Gasteiger partial charge in [0, 0.05) is 29.7 Å². The second-order valence-electron chi connectivity index (χ2n) is 6.19. The number of anilines is 1. The van der Waals surface area contributed by atoms with Gasteiger partial charge >= 0.3 is 0 Å². The molecule has 0 aliphatic heterocycles. The van der Waals surface area contributed by atoms with Crippen LogP contribution in [0.2, 0.25) is 0 Å². The quantitative estimate of drug-likeness (QED) is 0.569. The molecule has 130 valence electrons. The number of carbonyl (C=O) groups is 2. The Balaban J connectivity index is 1.81. The number of amides is 1. The van der Waals surface area contributed by atoms with Crippen LogP contribution in [0.4, 0.5) is 5.69 Å². The Morgan fingerprint density at radius 1 is 0.885 bits per heavy atom. The van der Waals surface area contributed by atoms with E-state index in [1.54, 1.807) is 30.3 Å². The van der Waals surface area contributed by atoms with Crippen LogP contribution in [-0.2, 0) is 11.3 Å². The molecule has 4 heteroatoms. The third-order valence-corrected chi connectivity index (χ3v) is 4.41. The van der Waals surface area contributed by atoms with Crippen molar-refractivity contribution < 1.29 is 14.2 Å². The molecule has 26 heavy (non-hydrogen) atoms. The summed E-state index contributed by atoms with van der Waals surface area (Å²) in [6.45, 7) is 4.19. The van der Waals surface area contributed by atoms with Gasteiger partial charge in [0.25, 0.3) is 5.91 Å². The maximum atomic E-state index is 12.7. The molecule has 0 aliphatic carbocycles. The minimum Gasteiger partial charge on any atom is -0.320 e. The van der Waals surface area contributed by atoms with E-state index < -0.39 is 0 Å². The van der Waals surface area contributed by atoms with Crippen LogP contribution in [0.15, 0.2) is 72.9 Å². The first-order chi connectivity index (χ1) is 12.6. The Morgan fingerprint density at radius 2 is 1.58 bits per heavy atom. The highest BCUT2D eigenvalue weighted by Crippen LogP contribution is 2.19. The van der Waals surface area contributed by atoms with E-state index in [9.17, 15) is 9.59 Å². The number of hydrogen-bond acceptors (Lipinski definition) is 2. The third-order valence-electron chi connectivity index (χ3n) is 4.41. The number of benzene rings is 2. The molecule has 2 aromatic carbocycles. The third kappa shape index (κ3) is 3.86. The monoisotopic (exact) mass is 345 g/mol. The van der Waals surface area contributed by atoms with Gasteiger partial charge in [-0.05, 0) is 25.1 Å². The lowest BCUT2D eigenvalue weighted by Gasteiger charge is -2.10. The first-order valence-electron chi connectivity index (χ1n) is 8.50. The minimum atomic E-state index is -0.169. The minimum absolute atomic E-state index is 0.110. The summed E-state index contributed by atoms with van der Waals surface area (Å²) in [5.74, 6) is -0.280. The molecular formula is C22H21N2O2+. The van der Waals surface area contributed by atoms with Crippen molar-refractivity contribution in [1.29, 1.82) is 0 Å². The molecule has 0 aliphatic rings. The second kappa shape index (κ2) is 7.74. The first-order valence-corrected chi connectivity index (χ1v) is 8.50. The number of para-hydroxylation sites is 1. The molecule has 3 rings (SSSR count). The van der Waals surface area contributed by atoms with Gasteiger partial charge in [-0.15, -0.1) is 0 Å². The predicted molar refractivity (Wildman–Crippen MR) is 101 cm³/mol. The van der Waals surface area contributed by atoms with Gasteiger partial charge in [0.2, 0.25) is 6.54 Å². The summed E-state index contributed by atoms with van der Waals surface area (Å²) >= 11 is 0. The number of rotatable bonds is 5. The van der Waals surface area contributed by atoms with Crippen molar-refractivity contribution in [2.45, 2.75) is 20.4 Å². The van der Waals surface area contributed by atoms with Crippen LogP contribution in [0.25, 0.3) is 0 Å². The molecule has 0 spiro atoms. The zero-order valence-electron chi connectivity index (χ0n) is 14.9. The molecule has 1 aromatic heterocycles. The van der Waals surface area contributed by atoms with E-state index in [0.717, 1.165) is 11.3 Å². The highest BCUT2D eigenvalue weighted by Gasteiger charge is 2.18. The van der Waals surface area contributed by atoms with Crippen molar-refractivity contribution in [3.05, 3.63) is 95.3 Å². The number of hydrogen-bond donors (Lipinski definition) is 1. The summed E-state index contributed by atoms with van der Waals surface area (Å²) in [6, 6.07) is 20.1. The van der Waals surface area contributed by atoms with Gasteiger partial charge in [-0.1, -0.05) is 42.5 Å². The summed E-state index contributed by atoms with van der Waals surface area (Å²) in [5.41, 5.74) is 3.77. The average Bonchev–Trinajstić information content (AvgIpc) is 2.66. The molecule has 0 radical (unpaired) electrons. The van der Waals surface area contributed by atoms with Gasteiger partial charge in [-0.3, -0.25) is 9.59 Å². The molecule has 0 saturated carbocycles. The SMILES string of the molecule is Cc1ccc[n+](CC(=O)Nc2ccccc2C(=O)c2ccccc2)c1C. The molecule has 1 heterocycles. The first kappa shape index (κ1) is 17.5. The molecule has 1 N–H and O–H groups in total. The number of pyridine rings is 1. The molecule has 3 aromatic rings. The lowest BCUT2D eigenvalue weighted by molar-refractivity contribution is -0.690. The van der Waals surface area contributed by atoms with Crippen molar-refractivity contribution in [2.75, 3.05) is 5.32 Å². The van der Waals surface area contributed by atoms with Crippen LogP contribution < -0.4 is 9.88 Å². The summed E-state index contributed by atoms with van der Waals surface area (Å²) in [7, 11) is 0. The van der Waals surface area contributed by atoms with Crippen molar-refractivity contribution in [2.24, 2.45) is 0 Å². The number of nitrogens with one attached hydrogen (secondary N) is 1. The van der Waals surface area contributed by atoms with Crippen LogP contribution in [0.5, 0.6) is 0 Å². The molecular weight excluding hydrogens is 324 g/mol. The Labute approximate surface area is 153 Å². The fourth-order valence-corrected chi connectivity index (χ4v) is 2.80. The van der Waals surface area contributed by atoms with Crippen LogP contribution >= 0.6 is 0 Å². The molecule has 4 nitrogen and oxygen atoms in total. The second-order valence-corrected chi connectivity index (χ2v) is 6.19. The summed E-state index contributed by atoms with van der Waals surface area (Å²) in [4.78, 5) is 25.3. The lowest BCUT2D eigenvalue weighted by atomic mass is 10.0. The van der Waals surface area contributed by atoms with Crippen LogP contribution in [0, 0.1) is 13.8 Å². The van der Waals surface area contributed by atoms with Crippen molar-refractivity contribution in [1.82, 2.24) is 0 Å². The molecule has 0 atom stereocenters. The lowest BCUT2D eigenvalue weighted by Crippen LogP contribution is -2.43. The average molecular weight is 345 g/mol. The fraction of sp³-hybridized carbons (Fsp3) is 0.136. The van der Waals surface area contributed by atoms with Crippen molar-refractivity contribution in [3.8, 4) is 0 Å². The van der Waals surface area contributed by atoms with Crippen LogP contribution in [-0.4, -0.2) is 11.7 Å². The van der Waals surface area contributed by atoms with Gasteiger partial charge < -0.3 is 5.32 Å². The molecule has 0 saturated heterocycles. The fourth-order valence-electron chi connectivity index (χ4n) is 2.80. The van der Waals surface area contributed by atoms with Gasteiger partial charge in [-0.2, -0.15) is 4.57 Å². The molecule has 0 bridgehead atoms. The van der Waals surface area contributed by atoms with Gasteiger partial charge in [0.05, 0.1) is 5.69 Å².